The summed E-state index contributed by atoms with van der Waals surface area (Å²) in [6.07, 6.45) is 0. The van der Waals surface area contributed by atoms with Gasteiger partial charge in [-0.2, -0.15) is 0 Å². The molecule has 0 heterocycles. The molecule has 0 spiro atoms. The first-order valence-electron chi connectivity index (χ1n) is 8.06. The standard InChI is InChI=1S/C19H24ClNO3/c1-4-22-18-12-15(13-21-3)11-17(20)19(18)24-10-9-23-16-7-5-14(2)6-8-16/h5-8,11-12,21H,4,9-10,13H2,1-3H3. The fraction of sp³-hybridized carbons (Fsp3) is 0.368. The summed E-state index contributed by atoms with van der Waals surface area (Å²) in [4.78, 5) is 0. The lowest BCUT2D eigenvalue weighted by atomic mass is 10.2. The number of halogens is 1. The normalized spacial score (nSPS) is 10.5. The Kier molecular flexibility index (Phi) is 7.22. The Morgan fingerprint density at radius 1 is 1.00 bits per heavy atom. The topological polar surface area (TPSA) is 39.7 Å². The Labute approximate surface area is 148 Å². The van der Waals surface area contributed by atoms with Crippen molar-refractivity contribution in [3.05, 3.63) is 52.5 Å². The fourth-order valence-corrected chi connectivity index (χ4v) is 2.56. The zero-order chi connectivity index (χ0) is 17.4. The van der Waals surface area contributed by atoms with Gasteiger partial charge >= 0.3 is 0 Å². The molecular weight excluding hydrogens is 326 g/mol. The Hall–Kier alpha value is -1.91. The van der Waals surface area contributed by atoms with E-state index in [0.717, 1.165) is 17.9 Å². The van der Waals surface area contributed by atoms with Gasteiger partial charge in [0.2, 0.25) is 0 Å². The smallest absolute Gasteiger partial charge is 0.179 e. The molecule has 130 valence electrons. The molecule has 0 radical (unpaired) electrons. The molecule has 0 saturated carbocycles. The predicted octanol–water partition coefficient (Wildman–Crippen LogP) is 4.22. The monoisotopic (exact) mass is 349 g/mol. The number of hydrogen-bond acceptors (Lipinski definition) is 4. The molecule has 4 nitrogen and oxygen atoms in total. The first kappa shape index (κ1) is 18.4. The molecule has 5 heteroatoms. The number of aryl methyl sites for hydroxylation is 1. The average molecular weight is 350 g/mol. The van der Waals surface area contributed by atoms with Gasteiger partial charge in [0.25, 0.3) is 0 Å². The van der Waals surface area contributed by atoms with Crippen LogP contribution in [0.25, 0.3) is 0 Å². The summed E-state index contributed by atoms with van der Waals surface area (Å²) in [5.41, 5.74) is 2.25. The number of nitrogens with one attached hydrogen (secondary N) is 1. The van der Waals surface area contributed by atoms with Crippen LogP contribution < -0.4 is 19.5 Å². The highest BCUT2D eigenvalue weighted by molar-refractivity contribution is 6.32. The van der Waals surface area contributed by atoms with Gasteiger partial charge in [0.05, 0.1) is 11.6 Å². The van der Waals surface area contributed by atoms with Crippen LogP contribution in [0.5, 0.6) is 17.2 Å². The van der Waals surface area contributed by atoms with Crippen LogP contribution in [0.4, 0.5) is 0 Å². The summed E-state index contributed by atoms with van der Waals surface area (Å²) in [6, 6.07) is 11.8. The van der Waals surface area contributed by atoms with Crippen molar-refractivity contribution < 1.29 is 14.2 Å². The van der Waals surface area contributed by atoms with E-state index in [1.165, 1.54) is 5.56 Å². The lowest BCUT2D eigenvalue weighted by molar-refractivity contribution is 0.208. The van der Waals surface area contributed by atoms with Gasteiger partial charge < -0.3 is 19.5 Å². The summed E-state index contributed by atoms with van der Waals surface area (Å²) in [6.45, 7) is 6.07. The molecule has 0 unspecified atom stereocenters. The molecule has 0 aliphatic rings. The lowest BCUT2D eigenvalue weighted by Crippen LogP contribution is -2.11. The SMILES string of the molecule is CCOc1cc(CNC)cc(Cl)c1OCCOc1ccc(C)cc1. The molecule has 2 aromatic carbocycles. The van der Waals surface area contributed by atoms with Crippen LogP contribution in [0.2, 0.25) is 5.02 Å². The summed E-state index contributed by atoms with van der Waals surface area (Å²) in [5.74, 6) is 2.04. The maximum Gasteiger partial charge on any atom is 0.179 e. The molecule has 0 bridgehead atoms. The van der Waals surface area contributed by atoms with Crippen molar-refractivity contribution in [2.75, 3.05) is 26.9 Å². The minimum Gasteiger partial charge on any atom is -0.490 e. The van der Waals surface area contributed by atoms with E-state index in [1.807, 2.05) is 57.3 Å². The third-order valence-electron chi connectivity index (χ3n) is 3.37. The average Bonchev–Trinajstić information content (AvgIpc) is 2.55. The molecule has 0 aromatic heterocycles. The van der Waals surface area contributed by atoms with Crippen molar-refractivity contribution in [3.8, 4) is 17.2 Å². The largest absolute Gasteiger partial charge is 0.490 e. The van der Waals surface area contributed by atoms with E-state index in [-0.39, 0.29) is 0 Å². The van der Waals surface area contributed by atoms with Crippen LogP contribution in [-0.4, -0.2) is 26.9 Å². The van der Waals surface area contributed by atoms with E-state index < -0.39 is 0 Å². The molecule has 1 N–H and O–H groups in total. The van der Waals surface area contributed by atoms with Gasteiger partial charge in [-0.05, 0) is 50.7 Å². The second-order valence-electron chi connectivity index (χ2n) is 5.38. The Balaban J connectivity index is 1.96. The van der Waals surface area contributed by atoms with Crippen LogP contribution in [0.1, 0.15) is 18.1 Å². The molecule has 0 amide bonds. The van der Waals surface area contributed by atoms with E-state index in [9.17, 15) is 0 Å². The van der Waals surface area contributed by atoms with Gasteiger partial charge in [-0.25, -0.2) is 0 Å². The zero-order valence-corrected chi connectivity index (χ0v) is 15.2. The van der Waals surface area contributed by atoms with Crippen LogP contribution in [0.15, 0.2) is 36.4 Å². The Bertz CT molecular complexity index is 644. The number of ether oxygens (including phenoxy) is 3. The van der Waals surface area contributed by atoms with E-state index in [0.29, 0.717) is 36.3 Å². The zero-order valence-electron chi connectivity index (χ0n) is 14.4. The third-order valence-corrected chi connectivity index (χ3v) is 3.65. The van der Waals surface area contributed by atoms with Gasteiger partial charge in [-0.15, -0.1) is 0 Å². The van der Waals surface area contributed by atoms with Crippen molar-refractivity contribution in [1.29, 1.82) is 0 Å². The van der Waals surface area contributed by atoms with Crippen molar-refractivity contribution in [2.24, 2.45) is 0 Å². The molecule has 24 heavy (non-hydrogen) atoms. The summed E-state index contributed by atoms with van der Waals surface area (Å²) in [7, 11) is 1.89. The predicted molar refractivity (Wildman–Crippen MR) is 97.6 cm³/mol. The van der Waals surface area contributed by atoms with E-state index in [1.54, 1.807) is 0 Å². The van der Waals surface area contributed by atoms with Crippen LogP contribution >= 0.6 is 11.6 Å². The van der Waals surface area contributed by atoms with E-state index in [2.05, 4.69) is 5.32 Å². The molecule has 0 saturated heterocycles. The van der Waals surface area contributed by atoms with Gasteiger partial charge in [0.1, 0.15) is 19.0 Å². The summed E-state index contributed by atoms with van der Waals surface area (Å²) in [5, 5.41) is 3.64. The van der Waals surface area contributed by atoms with Gasteiger partial charge in [0.15, 0.2) is 11.5 Å². The second-order valence-corrected chi connectivity index (χ2v) is 5.79. The van der Waals surface area contributed by atoms with Crippen LogP contribution in [-0.2, 0) is 6.54 Å². The highest BCUT2D eigenvalue weighted by Crippen LogP contribution is 2.36. The van der Waals surface area contributed by atoms with Gasteiger partial charge in [-0.3, -0.25) is 0 Å². The van der Waals surface area contributed by atoms with Crippen molar-refractivity contribution >= 4 is 11.6 Å². The summed E-state index contributed by atoms with van der Waals surface area (Å²) < 4.78 is 17.1. The number of hydrogen-bond donors (Lipinski definition) is 1. The highest BCUT2D eigenvalue weighted by Gasteiger charge is 2.12. The molecule has 0 atom stereocenters. The van der Waals surface area contributed by atoms with Crippen molar-refractivity contribution in [1.82, 2.24) is 5.32 Å². The highest BCUT2D eigenvalue weighted by atomic mass is 35.5. The lowest BCUT2D eigenvalue weighted by Gasteiger charge is -2.15. The minimum absolute atomic E-state index is 0.388. The molecule has 2 rings (SSSR count). The molecule has 0 aliphatic carbocycles. The molecule has 2 aromatic rings. The van der Waals surface area contributed by atoms with E-state index >= 15 is 0 Å². The molecule has 0 fully saturated rings. The molecular formula is C19H24ClNO3. The first-order chi connectivity index (χ1) is 11.6. The fourth-order valence-electron chi connectivity index (χ4n) is 2.27. The van der Waals surface area contributed by atoms with Crippen molar-refractivity contribution in [2.45, 2.75) is 20.4 Å². The Morgan fingerprint density at radius 3 is 2.38 bits per heavy atom. The third kappa shape index (κ3) is 5.32. The first-order valence-corrected chi connectivity index (χ1v) is 8.44. The van der Waals surface area contributed by atoms with E-state index in [4.69, 9.17) is 25.8 Å². The maximum absolute atomic E-state index is 6.35. The van der Waals surface area contributed by atoms with Gasteiger partial charge in [0, 0.05) is 6.54 Å². The van der Waals surface area contributed by atoms with Crippen LogP contribution in [0.3, 0.4) is 0 Å². The van der Waals surface area contributed by atoms with Crippen molar-refractivity contribution in [3.63, 3.8) is 0 Å². The number of rotatable bonds is 9. The summed E-state index contributed by atoms with van der Waals surface area (Å²) >= 11 is 6.35. The minimum atomic E-state index is 0.388. The van der Waals surface area contributed by atoms with Gasteiger partial charge in [-0.1, -0.05) is 29.3 Å². The Morgan fingerprint density at radius 2 is 1.71 bits per heavy atom. The molecule has 0 aliphatic heterocycles. The second kappa shape index (κ2) is 9.40. The number of benzene rings is 2. The van der Waals surface area contributed by atoms with Crippen LogP contribution in [0, 0.1) is 6.92 Å². The maximum atomic E-state index is 6.35. The quantitative estimate of drug-likeness (QED) is 0.688.